The van der Waals surface area contributed by atoms with Crippen molar-refractivity contribution >= 4 is 5.91 Å². The van der Waals surface area contributed by atoms with Crippen LogP contribution < -0.4 is 0 Å². The van der Waals surface area contributed by atoms with E-state index in [0.717, 1.165) is 29.5 Å². The molecule has 1 aliphatic heterocycles. The largest absolute Gasteiger partial charge is 0.380 e. The van der Waals surface area contributed by atoms with Crippen molar-refractivity contribution in [3.05, 3.63) is 47.5 Å². The molecular formula is C19H24N4O2. The number of hydrogen-bond donors (Lipinski definition) is 0. The summed E-state index contributed by atoms with van der Waals surface area (Å²) in [5.74, 6) is 1.01. The van der Waals surface area contributed by atoms with Gasteiger partial charge in [0, 0.05) is 56.3 Å². The summed E-state index contributed by atoms with van der Waals surface area (Å²) in [6, 6.07) is 5.68. The molecule has 0 saturated heterocycles. The van der Waals surface area contributed by atoms with Crippen LogP contribution in [0.15, 0.2) is 30.6 Å². The predicted octanol–water partition coefficient (Wildman–Crippen LogP) is 1.91. The zero-order valence-electron chi connectivity index (χ0n) is 14.6. The molecule has 0 bridgehead atoms. The van der Waals surface area contributed by atoms with Gasteiger partial charge in [-0.3, -0.25) is 14.5 Å². The van der Waals surface area contributed by atoms with Gasteiger partial charge in [-0.05, 0) is 30.9 Å². The Morgan fingerprint density at radius 1 is 1.32 bits per heavy atom. The fourth-order valence-electron chi connectivity index (χ4n) is 3.40. The van der Waals surface area contributed by atoms with Gasteiger partial charge < -0.3 is 9.64 Å². The molecule has 0 radical (unpaired) electrons. The van der Waals surface area contributed by atoms with Crippen molar-refractivity contribution in [3.63, 3.8) is 0 Å². The summed E-state index contributed by atoms with van der Waals surface area (Å²) in [4.78, 5) is 18.9. The van der Waals surface area contributed by atoms with Crippen LogP contribution in [0, 0.1) is 5.92 Å². The van der Waals surface area contributed by atoms with E-state index in [9.17, 15) is 4.79 Å². The van der Waals surface area contributed by atoms with Crippen molar-refractivity contribution in [2.75, 3.05) is 19.8 Å². The highest BCUT2D eigenvalue weighted by atomic mass is 16.5. The second-order valence-electron chi connectivity index (χ2n) is 7.16. The minimum Gasteiger partial charge on any atom is -0.380 e. The molecule has 6 heteroatoms. The highest BCUT2D eigenvalue weighted by molar-refractivity contribution is 5.78. The molecule has 1 aliphatic carbocycles. The first-order chi connectivity index (χ1) is 12.2. The molecule has 4 rings (SSSR count). The lowest BCUT2D eigenvalue weighted by Gasteiger charge is -2.32. The Morgan fingerprint density at radius 2 is 2.20 bits per heavy atom. The minimum absolute atomic E-state index is 0.111. The van der Waals surface area contributed by atoms with Crippen LogP contribution in [0.5, 0.6) is 0 Å². The van der Waals surface area contributed by atoms with E-state index >= 15 is 0 Å². The fraction of sp³-hybridized carbons (Fsp3) is 0.526. The van der Waals surface area contributed by atoms with Crippen molar-refractivity contribution in [1.82, 2.24) is 19.7 Å². The second kappa shape index (κ2) is 6.96. The molecule has 2 aliphatic rings. The van der Waals surface area contributed by atoms with Crippen molar-refractivity contribution in [1.29, 1.82) is 0 Å². The summed E-state index contributed by atoms with van der Waals surface area (Å²) < 4.78 is 7.75. The van der Waals surface area contributed by atoms with E-state index in [-0.39, 0.29) is 11.8 Å². The molecule has 1 atom stereocenters. The van der Waals surface area contributed by atoms with Crippen LogP contribution >= 0.6 is 0 Å². The molecule has 1 unspecified atom stereocenters. The number of carbonyl (C=O) groups is 1. The zero-order valence-corrected chi connectivity index (χ0v) is 14.6. The number of fused-ring (bicyclic) bond motifs is 1. The number of hydrogen-bond acceptors (Lipinski definition) is 4. The summed E-state index contributed by atoms with van der Waals surface area (Å²) in [7, 11) is 1.93. The van der Waals surface area contributed by atoms with E-state index < -0.39 is 0 Å². The SMILES string of the molecule is Cn1cc2c(n1)C(COCC1CC1)CN(C(=O)Cc1ccccn1)C2. The first kappa shape index (κ1) is 16.3. The molecule has 1 saturated carbocycles. The van der Waals surface area contributed by atoms with Gasteiger partial charge in [0.15, 0.2) is 0 Å². The molecule has 25 heavy (non-hydrogen) atoms. The van der Waals surface area contributed by atoms with Gasteiger partial charge in [0.1, 0.15) is 0 Å². The molecule has 2 aromatic heterocycles. The summed E-state index contributed by atoms with van der Waals surface area (Å²) in [6.45, 7) is 2.75. The average molecular weight is 340 g/mol. The van der Waals surface area contributed by atoms with Crippen molar-refractivity contribution < 1.29 is 9.53 Å². The highest BCUT2D eigenvalue weighted by Gasteiger charge is 2.31. The van der Waals surface area contributed by atoms with Gasteiger partial charge in [0.2, 0.25) is 5.91 Å². The molecule has 0 N–H and O–H groups in total. The highest BCUT2D eigenvalue weighted by Crippen LogP contribution is 2.31. The van der Waals surface area contributed by atoms with Crippen molar-refractivity contribution in [2.24, 2.45) is 13.0 Å². The Hall–Kier alpha value is -2.21. The Labute approximate surface area is 147 Å². The topological polar surface area (TPSA) is 60.2 Å². The first-order valence-electron chi connectivity index (χ1n) is 8.97. The van der Waals surface area contributed by atoms with Gasteiger partial charge in [-0.25, -0.2) is 0 Å². The third kappa shape index (κ3) is 3.90. The number of carbonyl (C=O) groups excluding carboxylic acids is 1. The summed E-state index contributed by atoms with van der Waals surface area (Å²) in [6.07, 6.45) is 6.66. The van der Waals surface area contributed by atoms with Crippen LogP contribution in [-0.4, -0.2) is 45.3 Å². The van der Waals surface area contributed by atoms with Gasteiger partial charge in [0.25, 0.3) is 0 Å². The maximum atomic E-state index is 12.7. The average Bonchev–Trinajstić information content (AvgIpc) is 3.34. The third-order valence-corrected chi connectivity index (χ3v) is 4.91. The lowest BCUT2D eigenvalue weighted by molar-refractivity contribution is -0.132. The van der Waals surface area contributed by atoms with E-state index in [1.54, 1.807) is 6.20 Å². The molecular weight excluding hydrogens is 316 g/mol. The molecule has 2 aromatic rings. The summed E-state index contributed by atoms with van der Waals surface area (Å²) in [5.41, 5.74) is 3.02. The number of pyridine rings is 1. The summed E-state index contributed by atoms with van der Waals surface area (Å²) in [5, 5.41) is 4.61. The fourth-order valence-corrected chi connectivity index (χ4v) is 3.40. The van der Waals surface area contributed by atoms with Crippen molar-refractivity contribution in [2.45, 2.75) is 31.7 Å². The van der Waals surface area contributed by atoms with E-state index in [1.165, 1.54) is 12.8 Å². The Kier molecular flexibility index (Phi) is 4.53. The number of nitrogens with zero attached hydrogens (tertiary/aromatic N) is 4. The maximum absolute atomic E-state index is 12.7. The number of aromatic nitrogens is 3. The third-order valence-electron chi connectivity index (χ3n) is 4.91. The monoisotopic (exact) mass is 340 g/mol. The van der Waals surface area contributed by atoms with Crippen LogP contribution in [-0.2, 0) is 29.5 Å². The molecule has 6 nitrogen and oxygen atoms in total. The van der Waals surface area contributed by atoms with Crippen LogP contribution in [0.25, 0.3) is 0 Å². The van der Waals surface area contributed by atoms with Gasteiger partial charge in [0.05, 0.1) is 18.7 Å². The number of rotatable bonds is 6. The quantitative estimate of drug-likeness (QED) is 0.806. The Balaban J connectivity index is 1.45. The van der Waals surface area contributed by atoms with E-state index in [0.29, 0.717) is 26.1 Å². The van der Waals surface area contributed by atoms with Gasteiger partial charge in [-0.15, -0.1) is 0 Å². The number of amides is 1. The van der Waals surface area contributed by atoms with Crippen molar-refractivity contribution in [3.8, 4) is 0 Å². The standard InChI is InChI=1S/C19H24N4O2/c1-22-9-15-10-23(18(24)8-17-4-2-3-7-20-17)11-16(19(15)21-22)13-25-12-14-5-6-14/h2-4,7,9,14,16H,5-6,8,10-13H2,1H3. The molecule has 1 fully saturated rings. The molecule has 3 heterocycles. The zero-order chi connectivity index (χ0) is 17.2. The van der Waals surface area contributed by atoms with E-state index in [2.05, 4.69) is 10.1 Å². The normalized spacial score (nSPS) is 19.7. The van der Waals surface area contributed by atoms with E-state index in [4.69, 9.17) is 4.74 Å². The molecule has 0 aromatic carbocycles. The maximum Gasteiger partial charge on any atom is 0.228 e. The lowest BCUT2D eigenvalue weighted by Crippen LogP contribution is -2.40. The molecule has 1 amide bonds. The van der Waals surface area contributed by atoms with Gasteiger partial charge >= 0.3 is 0 Å². The summed E-state index contributed by atoms with van der Waals surface area (Å²) >= 11 is 0. The Morgan fingerprint density at radius 3 is 2.96 bits per heavy atom. The predicted molar refractivity (Wildman–Crippen MR) is 92.9 cm³/mol. The smallest absolute Gasteiger partial charge is 0.228 e. The minimum atomic E-state index is 0.111. The lowest BCUT2D eigenvalue weighted by atomic mass is 9.97. The Bertz CT molecular complexity index is 739. The van der Waals surface area contributed by atoms with Gasteiger partial charge in [-0.2, -0.15) is 5.10 Å². The second-order valence-corrected chi connectivity index (χ2v) is 7.16. The van der Waals surface area contributed by atoms with Crippen LogP contribution in [0.4, 0.5) is 0 Å². The van der Waals surface area contributed by atoms with E-state index in [1.807, 2.05) is 41.0 Å². The van der Waals surface area contributed by atoms with Crippen LogP contribution in [0.2, 0.25) is 0 Å². The first-order valence-corrected chi connectivity index (χ1v) is 8.97. The molecule has 132 valence electrons. The number of ether oxygens (including phenoxy) is 1. The van der Waals surface area contributed by atoms with Gasteiger partial charge in [-0.1, -0.05) is 6.07 Å². The number of aryl methyl sites for hydroxylation is 1. The molecule has 0 spiro atoms. The van der Waals surface area contributed by atoms with Crippen LogP contribution in [0.3, 0.4) is 0 Å². The van der Waals surface area contributed by atoms with Crippen LogP contribution in [0.1, 0.15) is 35.7 Å².